The molecule has 0 saturated carbocycles. The Kier molecular flexibility index (Phi) is 6.44. The molecule has 0 fully saturated rings. The first-order valence-corrected chi connectivity index (χ1v) is 6.09. The largest absolute Gasteiger partial charge is 0.659 e. The SMILES string of the molecule is CSc1cccc(C2=CC[N-]CC2)c1.[Pr]. The second kappa shape index (κ2) is 7.06. The van der Waals surface area contributed by atoms with Gasteiger partial charge in [-0.3, -0.25) is 0 Å². The van der Waals surface area contributed by atoms with Gasteiger partial charge in [0.25, 0.3) is 0 Å². The van der Waals surface area contributed by atoms with Gasteiger partial charge in [-0.2, -0.15) is 0 Å². The Labute approximate surface area is 129 Å². The molecular weight excluding hydrogens is 331 g/mol. The summed E-state index contributed by atoms with van der Waals surface area (Å²) in [6.45, 7) is 1.87. The molecule has 77 valence electrons. The van der Waals surface area contributed by atoms with Crippen LogP contribution in [0.15, 0.2) is 35.2 Å². The van der Waals surface area contributed by atoms with E-state index in [1.807, 2.05) is 0 Å². The van der Waals surface area contributed by atoms with Gasteiger partial charge in [-0.25, -0.2) is 0 Å². The van der Waals surface area contributed by atoms with Crippen molar-refractivity contribution in [1.82, 2.24) is 0 Å². The average Bonchev–Trinajstić information content (AvgIpc) is 2.30. The van der Waals surface area contributed by atoms with Crippen LogP contribution in [0.2, 0.25) is 0 Å². The summed E-state index contributed by atoms with van der Waals surface area (Å²) in [5.74, 6) is 0. The topological polar surface area (TPSA) is 14.1 Å². The maximum absolute atomic E-state index is 4.31. The van der Waals surface area contributed by atoms with Gasteiger partial charge >= 0.3 is 0 Å². The molecule has 0 spiro atoms. The molecule has 1 aromatic rings. The first-order valence-electron chi connectivity index (χ1n) is 4.87. The maximum atomic E-state index is 4.31. The maximum Gasteiger partial charge on any atom is 0.00751 e. The van der Waals surface area contributed by atoms with Gasteiger partial charge < -0.3 is 5.32 Å². The third-order valence-electron chi connectivity index (χ3n) is 2.45. The molecule has 0 N–H and O–H groups in total. The van der Waals surface area contributed by atoms with Crippen LogP contribution < -0.4 is 0 Å². The van der Waals surface area contributed by atoms with Crippen LogP contribution in [0.5, 0.6) is 0 Å². The molecule has 1 nitrogen and oxygen atoms in total. The van der Waals surface area contributed by atoms with Crippen LogP contribution in [0.3, 0.4) is 0 Å². The van der Waals surface area contributed by atoms with Crippen molar-refractivity contribution in [3.63, 3.8) is 0 Å². The Hall–Kier alpha value is 0.634. The number of nitrogens with zero attached hydrogens (tertiary/aromatic N) is 1. The zero-order valence-corrected chi connectivity index (χ0v) is 13.5. The predicted octanol–water partition coefficient (Wildman–Crippen LogP) is 3.57. The zero-order chi connectivity index (χ0) is 9.80. The van der Waals surface area contributed by atoms with Crippen LogP contribution in [0.4, 0.5) is 0 Å². The molecule has 0 unspecified atom stereocenters. The van der Waals surface area contributed by atoms with E-state index in [4.69, 9.17) is 0 Å². The van der Waals surface area contributed by atoms with Gasteiger partial charge in [-0.05, 0) is 35.9 Å². The summed E-state index contributed by atoms with van der Waals surface area (Å²) in [6, 6.07) is 8.74. The summed E-state index contributed by atoms with van der Waals surface area (Å²) in [4.78, 5) is 1.34. The fourth-order valence-corrected chi connectivity index (χ4v) is 2.11. The number of hydrogen-bond acceptors (Lipinski definition) is 1. The zero-order valence-electron chi connectivity index (χ0n) is 8.94. The number of rotatable bonds is 2. The van der Waals surface area contributed by atoms with Gasteiger partial charge in [0.15, 0.2) is 0 Å². The summed E-state index contributed by atoms with van der Waals surface area (Å²) >= 11 is 1.80. The quantitative estimate of drug-likeness (QED) is 0.748. The van der Waals surface area contributed by atoms with Crippen LogP contribution >= 0.6 is 11.8 Å². The minimum absolute atomic E-state index is 0. The minimum atomic E-state index is 0. The van der Waals surface area contributed by atoms with Crippen molar-refractivity contribution in [3.8, 4) is 0 Å². The summed E-state index contributed by atoms with van der Waals surface area (Å²) in [5, 5.41) is 4.31. The molecule has 0 atom stereocenters. The fourth-order valence-electron chi connectivity index (χ4n) is 1.65. The Morgan fingerprint density at radius 1 is 1.33 bits per heavy atom. The average molecular weight is 345 g/mol. The van der Waals surface area contributed by atoms with Crippen molar-refractivity contribution < 1.29 is 41.3 Å². The Morgan fingerprint density at radius 2 is 2.20 bits per heavy atom. The van der Waals surface area contributed by atoms with Gasteiger partial charge in [0.2, 0.25) is 0 Å². The van der Waals surface area contributed by atoms with E-state index in [0.717, 1.165) is 19.5 Å². The van der Waals surface area contributed by atoms with Crippen molar-refractivity contribution in [2.75, 3.05) is 19.3 Å². The number of thioether (sulfide) groups is 1. The van der Waals surface area contributed by atoms with E-state index >= 15 is 0 Å². The molecule has 1 aliphatic heterocycles. The monoisotopic (exact) mass is 345 g/mol. The van der Waals surface area contributed by atoms with E-state index in [2.05, 4.69) is 41.9 Å². The van der Waals surface area contributed by atoms with E-state index in [1.54, 1.807) is 11.8 Å². The van der Waals surface area contributed by atoms with E-state index in [-0.39, 0.29) is 41.3 Å². The molecular formula is C12H14NPrS-. The first kappa shape index (κ1) is 13.7. The number of hydrogen-bond donors (Lipinski definition) is 0. The summed E-state index contributed by atoms with van der Waals surface area (Å²) in [6.07, 6.45) is 5.45. The Morgan fingerprint density at radius 3 is 2.87 bits per heavy atom. The molecule has 0 aromatic heterocycles. The minimum Gasteiger partial charge on any atom is -0.659 e. The summed E-state index contributed by atoms with van der Waals surface area (Å²) in [7, 11) is 0. The van der Waals surface area contributed by atoms with Crippen molar-refractivity contribution in [1.29, 1.82) is 0 Å². The molecule has 0 amide bonds. The van der Waals surface area contributed by atoms with Crippen molar-refractivity contribution >= 4 is 17.3 Å². The van der Waals surface area contributed by atoms with E-state index < -0.39 is 0 Å². The molecule has 15 heavy (non-hydrogen) atoms. The fraction of sp³-hybridized carbons (Fsp3) is 0.333. The molecule has 0 saturated heterocycles. The normalized spacial score (nSPS) is 15.4. The molecule has 3 heteroatoms. The second-order valence-electron chi connectivity index (χ2n) is 3.34. The van der Waals surface area contributed by atoms with Crippen LogP contribution in [-0.4, -0.2) is 19.3 Å². The van der Waals surface area contributed by atoms with E-state index in [0.29, 0.717) is 0 Å². The molecule has 2 rings (SSSR count). The van der Waals surface area contributed by atoms with Gasteiger partial charge in [0.1, 0.15) is 0 Å². The van der Waals surface area contributed by atoms with Crippen molar-refractivity contribution in [2.45, 2.75) is 11.3 Å². The van der Waals surface area contributed by atoms with Gasteiger partial charge in [-0.15, -0.1) is 30.9 Å². The first-order chi connectivity index (χ1) is 6.90. The standard InChI is InChI=1S/C12H14NS.Pr/c1-14-12-4-2-3-11(9-12)10-5-7-13-8-6-10;/h2-5,9H,6-8H2,1H3;/q-1;. The van der Waals surface area contributed by atoms with E-state index in [9.17, 15) is 0 Å². The molecule has 1 aromatic carbocycles. The summed E-state index contributed by atoms with van der Waals surface area (Å²) in [5.41, 5.74) is 2.82. The molecule has 1 aliphatic rings. The van der Waals surface area contributed by atoms with Gasteiger partial charge in [0.05, 0.1) is 0 Å². The predicted molar refractivity (Wildman–Crippen MR) is 63.9 cm³/mol. The molecule has 1 radical (unpaired) electrons. The molecule has 0 bridgehead atoms. The smallest absolute Gasteiger partial charge is 0.00751 e. The Balaban J connectivity index is 0.00000112. The molecule has 1 heterocycles. The van der Waals surface area contributed by atoms with E-state index in [1.165, 1.54) is 16.0 Å². The van der Waals surface area contributed by atoms with Crippen LogP contribution in [0.25, 0.3) is 10.9 Å². The van der Waals surface area contributed by atoms with Crippen molar-refractivity contribution in [2.24, 2.45) is 0 Å². The molecule has 0 aliphatic carbocycles. The van der Waals surface area contributed by atoms with Gasteiger partial charge in [-0.1, -0.05) is 12.1 Å². The summed E-state index contributed by atoms with van der Waals surface area (Å²) < 4.78 is 0. The van der Waals surface area contributed by atoms with Crippen LogP contribution in [0.1, 0.15) is 12.0 Å². The van der Waals surface area contributed by atoms with Crippen molar-refractivity contribution in [3.05, 3.63) is 41.2 Å². The Bertz CT molecular complexity index is 349. The number of benzene rings is 1. The van der Waals surface area contributed by atoms with Gasteiger partial charge in [0, 0.05) is 46.2 Å². The third kappa shape index (κ3) is 3.85. The third-order valence-corrected chi connectivity index (χ3v) is 3.17. The van der Waals surface area contributed by atoms with Crippen LogP contribution in [0, 0.1) is 41.3 Å². The van der Waals surface area contributed by atoms with Crippen LogP contribution in [-0.2, 0) is 0 Å². The second-order valence-corrected chi connectivity index (χ2v) is 4.22.